The number of ether oxygens (including phenoxy) is 2. The van der Waals surface area contributed by atoms with Gasteiger partial charge >= 0.3 is 0 Å². The molecule has 2 heteroatoms. The summed E-state index contributed by atoms with van der Waals surface area (Å²) >= 11 is 0. The minimum absolute atomic E-state index is 0.648. The molecule has 1 aromatic carbocycles. The molecule has 1 aromatic rings. The van der Waals surface area contributed by atoms with E-state index in [9.17, 15) is 0 Å². The molecule has 0 unspecified atom stereocenters. The van der Waals surface area contributed by atoms with Gasteiger partial charge in [-0.3, -0.25) is 0 Å². The summed E-state index contributed by atoms with van der Waals surface area (Å²) in [5.41, 5.74) is 1.12. The number of methoxy groups -OCH3 is 1. The Labute approximate surface area is 85.2 Å². The Morgan fingerprint density at radius 1 is 1.29 bits per heavy atom. The Morgan fingerprint density at radius 3 is 2.64 bits per heavy atom. The predicted molar refractivity (Wildman–Crippen MR) is 58.9 cm³/mol. The lowest BCUT2D eigenvalue weighted by molar-refractivity contribution is 0.311. The van der Waals surface area contributed by atoms with Crippen LogP contribution < -0.4 is 9.47 Å². The molecule has 0 N–H and O–H groups in total. The normalized spacial score (nSPS) is 10.5. The van der Waals surface area contributed by atoms with Crippen LogP contribution >= 0.6 is 0 Å². The molecule has 0 atom stereocenters. The Kier molecular flexibility index (Phi) is 4.05. The standard InChI is InChI=1S/C12H16O2/c1-4-6-10-7-8-11(13-3)12(9-10)14-5-2/h4,6-9H,5H2,1-3H3. The van der Waals surface area contributed by atoms with Gasteiger partial charge in [0.05, 0.1) is 13.7 Å². The molecule has 0 aromatic heterocycles. The van der Waals surface area contributed by atoms with E-state index < -0.39 is 0 Å². The van der Waals surface area contributed by atoms with E-state index in [2.05, 4.69) is 0 Å². The second-order valence-corrected chi connectivity index (χ2v) is 2.84. The van der Waals surface area contributed by atoms with Crippen LogP contribution in [0.15, 0.2) is 24.3 Å². The first-order valence-electron chi connectivity index (χ1n) is 4.75. The van der Waals surface area contributed by atoms with Gasteiger partial charge in [-0.1, -0.05) is 18.2 Å². The summed E-state index contributed by atoms with van der Waals surface area (Å²) in [5.74, 6) is 1.57. The third-order valence-electron chi connectivity index (χ3n) is 1.85. The molecule has 0 saturated carbocycles. The van der Waals surface area contributed by atoms with Gasteiger partial charge in [0.2, 0.25) is 0 Å². The van der Waals surface area contributed by atoms with Gasteiger partial charge in [-0.05, 0) is 31.5 Å². The molecule has 0 spiro atoms. The summed E-state index contributed by atoms with van der Waals surface area (Å²) < 4.78 is 10.6. The highest BCUT2D eigenvalue weighted by Crippen LogP contribution is 2.28. The van der Waals surface area contributed by atoms with Crippen molar-refractivity contribution in [3.8, 4) is 11.5 Å². The van der Waals surface area contributed by atoms with Crippen molar-refractivity contribution < 1.29 is 9.47 Å². The fourth-order valence-electron chi connectivity index (χ4n) is 1.26. The van der Waals surface area contributed by atoms with E-state index in [1.54, 1.807) is 7.11 Å². The van der Waals surface area contributed by atoms with E-state index in [1.165, 1.54) is 0 Å². The van der Waals surface area contributed by atoms with Crippen LogP contribution in [0.5, 0.6) is 11.5 Å². The van der Waals surface area contributed by atoms with Crippen LogP contribution in [0.1, 0.15) is 19.4 Å². The summed E-state index contributed by atoms with van der Waals surface area (Å²) in [6.45, 7) is 4.60. The molecular formula is C12H16O2. The average molecular weight is 192 g/mol. The highest BCUT2D eigenvalue weighted by molar-refractivity contribution is 5.55. The third kappa shape index (κ3) is 2.52. The minimum Gasteiger partial charge on any atom is -0.493 e. The summed E-state index contributed by atoms with van der Waals surface area (Å²) in [5, 5.41) is 0. The van der Waals surface area contributed by atoms with Gasteiger partial charge in [-0.25, -0.2) is 0 Å². The molecule has 0 amide bonds. The first-order chi connectivity index (χ1) is 6.81. The molecule has 0 bridgehead atoms. The van der Waals surface area contributed by atoms with E-state index >= 15 is 0 Å². The lowest BCUT2D eigenvalue weighted by atomic mass is 10.2. The molecule has 14 heavy (non-hydrogen) atoms. The number of allylic oxidation sites excluding steroid dienone is 1. The molecule has 0 aliphatic carbocycles. The lowest BCUT2D eigenvalue weighted by Gasteiger charge is -2.09. The molecule has 0 fully saturated rings. The van der Waals surface area contributed by atoms with Crippen molar-refractivity contribution >= 4 is 6.08 Å². The van der Waals surface area contributed by atoms with Crippen LogP contribution in [0, 0.1) is 0 Å². The zero-order valence-corrected chi connectivity index (χ0v) is 8.91. The zero-order valence-electron chi connectivity index (χ0n) is 8.91. The fourth-order valence-corrected chi connectivity index (χ4v) is 1.26. The van der Waals surface area contributed by atoms with E-state index in [4.69, 9.17) is 9.47 Å². The van der Waals surface area contributed by atoms with Crippen LogP contribution in [0.3, 0.4) is 0 Å². The van der Waals surface area contributed by atoms with Crippen LogP contribution in [-0.2, 0) is 0 Å². The van der Waals surface area contributed by atoms with Crippen molar-refractivity contribution in [2.24, 2.45) is 0 Å². The second-order valence-electron chi connectivity index (χ2n) is 2.84. The van der Waals surface area contributed by atoms with E-state index in [-0.39, 0.29) is 0 Å². The molecule has 1 rings (SSSR count). The van der Waals surface area contributed by atoms with Gasteiger partial charge in [-0.2, -0.15) is 0 Å². The first kappa shape index (κ1) is 10.6. The largest absolute Gasteiger partial charge is 0.493 e. The molecule has 0 radical (unpaired) electrons. The van der Waals surface area contributed by atoms with E-state index in [1.807, 2.05) is 44.2 Å². The quantitative estimate of drug-likeness (QED) is 0.729. The zero-order chi connectivity index (χ0) is 10.4. The fraction of sp³-hybridized carbons (Fsp3) is 0.333. The molecule has 0 aliphatic rings. The Bertz CT molecular complexity index is 316. The van der Waals surface area contributed by atoms with Crippen molar-refractivity contribution in [3.05, 3.63) is 29.8 Å². The van der Waals surface area contributed by atoms with Gasteiger partial charge in [0.15, 0.2) is 11.5 Å². The molecule has 0 saturated heterocycles. The summed E-state index contributed by atoms with van der Waals surface area (Å²) in [6.07, 6.45) is 4.03. The molecule has 0 heterocycles. The minimum atomic E-state index is 0.648. The van der Waals surface area contributed by atoms with Crippen molar-refractivity contribution in [2.45, 2.75) is 13.8 Å². The second kappa shape index (κ2) is 5.32. The topological polar surface area (TPSA) is 18.5 Å². The summed E-state index contributed by atoms with van der Waals surface area (Å²) in [4.78, 5) is 0. The number of hydrogen-bond donors (Lipinski definition) is 0. The molecule has 2 nitrogen and oxygen atoms in total. The van der Waals surface area contributed by atoms with Gasteiger partial charge in [-0.15, -0.1) is 0 Å². The Balaban J connectivity index is 3.00. The summed E-state index contributed by atoms with van der Waals surface area (Å²) in [6, 6.07) is 5.89. The Hall–Kier alpha value is -1.44. The highest BCUT2D eigenvalue weighted by atomic mass is 16.5. The van der Waals surface area contributed by atoms with Crippen LogP contribution in [-0.4, -0.2) is 13.7 Å². The molecular weight excluding hydrogens is 176 g/mol. The van der Waals surface area contributed by atoms with Crippen molar-refractivity contribution in [2.75, 3.05) is 13.7 Å². The van der Waals surface area contributed by atoms with Crippen molar-refractivity contribution in [3.63, 3.8) is 0 Å². The van der Waals surface area contributed by atoms with Gasteiger partial charge in [0, 0.05) is 0 Å². The monoisotopic (exact) mass is 192 g/mol. The third-order valence-corrected chi connectivity index (χ3v) is 1.85. The lowest BCUT2D eigenvalue weighted by Crippen LogP contribution is -1.95. The smallest absolute Gasteiger partial charge is 0.161 e. The number of rotatable bonds is 4. The van der Waals surface area contributed by atoms with Gasteiger partial charge in [0.25, 0.3) is 0 Å². The SMILES string of the molecule is CC=Cc1ccc(OC)c(OCC)c1. The number of benzene rings is 1. The van der Waals surface area contributed by atoms with Crippen LogP contribution in [0.4, 0.5) is 0 Å². The van der Waals surface area contributed by atoms with Crippen molar-refractivity contribution in [1.82, 2.24) is 0 Å². The van der Waals surface area contributed by atoms with Crippen LogP contribution in [0.25, 0.3) is 6.08 Å². The van der Waals surface area contributed by atoms with Gasteiger partial charge in [0.1, 0.15) is 0 Å². The average Bonchev–Trinajstić information content (AvgIpc) is 2.19. The maximum atomic E-state index is 5.46. The first-order valence-corrected chi connectivity index (χ1v) is 4.75. The maximum Gasteiger partial charge on any atom is 0.161 e. The van der Waals surface area contributed by atoms with Gasteiger partial charge < -0.3 is 9.47 Å². The van der Waals surface area contributed by atoms with E-state index in [0.29, 0.717) is 6.61 Å². The van der Waals surface area contributed by atoms with Crippen molar-refractivity contribution in [1.29, 1.82) is 0 Å². The molecule has 76 valence electrons. The van der Waals surface area contributed by atoms with E-state index in [0.717, 1.165) is 17.1 Å². The predicted octanol–water partition coefficient (Wildman–Crippen LogP) is 3.13. The maximum absolute atomic E-state index is 5.46. The van der Waals surface area contributed by atoms with Crippen LogP contribution in [0.2, 0.25) is 0 Å². The molecule has 0 aliphatic heterocycles. The highest BCUT2D eigenvalue weighted by Gasteiger charge is 2.02. The Morgan fingerprint density at radius 2 is 2.07 bits per heavy atom. The summed E-state index contributed by atoms with van der Waals surface area (Å²) in [7, 11) is 1.65. The number of hydrogen-bond acceptors (Lipinski definition) is 2.